The predicted octanol–water partition coefficient (Wildman–Crippen LogP) is 1.20. The first-order valence-electron chi connectivity index (χ1n) is 9.59. The molecule has 1 aliphatic rings. The van der Waals surface area contributed by atoms with Crippen molar-refractivity contribution >= 4 is 28.6 Å². The summed E-state index contributed by atoms with van der Waals surface area (Å²) >= 11 is 0. The topological polar surface area (TPSA) is 136 Å². The molecule has 0 spiro atoms. The summed E-state index contributed by atoms with van der Waals surface area (Å²) in [6.07, 6.45) is 3.00. The zero-order valence-corrected chi connectivity index (χ0v) is 16.3. The van der Waals surface area contributed by atoms with Crippen molar-refractivity contribution in [2.24, 2.45) is 7.05 Å². The monoisotopic (exact) mass is 412 g/mol. The standard InChI is InChI=1S/C19H20N6O5/c1-22-16-15(17(27)21-19(22)28)24(18(20-16)23-8-3-2-4-9-23)11-14(26)12-6-5-7-13(10-12)25(29)30/h5-7,10H,2-4,8-9,11H2,1H3,(H,21,27,28). The fraction of sp³-hybridized carbons (Fsp3) is 0.368. The number of Topliss-reactive ketones (excluding diaryl/α,β-unsaturated/α-hetero) is 1. The molecule has 0 saturated carbocycles. The van der Waals surface area contributed by atoms with Crippen LogP contribution in [0.3, 0.4) is 0 Å². The predicted molar refractivity (Wildman–Crippen MR) is 109 cm³/mol. The highest BCUT2D eigenvalue weighted by Gasteiger charge is 2.24. The molecule has 1 aromatic carbocycles. The summed E-state index contributed by atoms with van der Waals surface area (Å²) in [6.45, 7) is 1.21. The summed E-state index contributed by atoms with van der Waals surface area (Å²) < 4.78 is 2.73. The van der Waals surface area contributed by atoms with Crippen molar-refractivity contribution in [3.05, 3.63) is 60.8 Å². The van der Waals surface area contributed by atoms with Crippen LogP contribution in [0.5, 0.6) is 0 Å². The minimum absolute atomic E-state index is 0.122. The van der Waals surface area contributed by atoms with Gasteiger partial charge in [0, 0.05) is 37.8 Å². The van der Waals surface area contributed by atoms with E-state index in [1.54, 1.807) is 0 Å². The summed E-state index contributed by atoms with van der Waals surface area (Å²) in [5.41, 5.74) is -0.930. The van der Waals surface area contributed by atoms with Crippen LogP contribution in [0.25, 0.3) is 11.2 Å². The fourth-order valence-electron chi connectivity index (χ4n) is 3.74. The Morgan fingerprint density at radius 1 is 1.23 bits per heavy atom. The number of nitro benzene ring substituents is 1. The molecule has 4 rings (SSSR count). The number of carbonyl (C=O) groups excluding carboxylic acids is 1. The van der Waals surface area contributed by atoms with Crippen LogP contribution >= 0.6 is 0 Å². The number of imidazole rings is 1. The van der Waals surface area contributed by atoms with Gasteiger partial charge in [0.05, 0.1) is 11.5 Å². The maximum absolute atomic E-state index is 13.0. The lowest BCUT2D eigenvalue weighted by Crippen LogP contribution is -2.33. The second-order valence-electron chi connectivity index (χ2n) is 7.27. The smallest absolute Gasteiger partial charge is 0.329 e. The van der Waals surface area contributed by atoms with E-state index in [4.69, 9.17) is 0 Å². The molecule has 0 atom stereocenters. The van der Waals surface area contributed by atoms with Crippen LogP contribution in [0, 0.1) is 10.1 Å². The Morgan fingerprint density at radius 3 is 2.67 bits per heavy atom. The zero-order valence-electron chi connectivity index (χ0n) is 16.3. The molecule has 1 aliphatic heterocycles. The highest BCUT2D eigenvalue weighted by Crippen LogP contribution is 2.24. The van der Waals surface area contributed by atoms with Crippen molar-refractivity contribution in [1.29, 1.82) is 0 Å². The van der Waals surface area contributed by atoms with Crippen molar-refractivity contribution in [2.75, 3.05) is 18.0 Å². The summed E-state index contributed by atoms with van der Waals surface area (Å²) in [5.74, 6) is 0.0414. The Balaban J connectivity index is 1.84. The van der Waals surface area contributed by atoms with Crippen molar-refractivity contribution < 1.29 is 9.72 Å². The lowest BCUT2D eigenvalue weighted by molar-refractivity contribution is -0.384. The number of hydrogen-bond acceptors (Lipinski definition) is 7. The van der Waals surface area contributed by atoms with Gasteiger partial charge in [-0.15, -0.1) is 0 Å². The first-order valence-corrected chi connectivity index (χ1v) is 9.59. The third-order valence-corrected chi connectivity index (χ3v) is 5.31. The van der Waals surface area contributed by atoms with Crippen LogP contribution in [-0.4, -0.2) is 42.9 Å². The summed E-state index contributed by atoms with van der Waals surface area (Å²) in [7, 11) is 1.50. The number of H-pyrrole nitrogens is 1. The van der Waals surface area contributed by atoms with E-state index in [-0.39, 0.29) is 29.0 Å². The molecule has 11 heteroatoms. The molecule has 1 N–H and O–H groups in total. The quantitative estimate of drug-likeness (QED) is 0.378. The molecular weight excluding hydrogens is 392 g/mol. The van der Waals surface area contributed by atoms with E-state index < -0.39 is 22.0 Å². The van der Waals surface area contributed by atoms with Crippen molar-refractivity contribution in [3.8, 4) is 0 Å². The zero-order chi connectivity index (χ0) is 21.4. The third-order valence-electron chi connectivity index (χ3n) is 5.31. The molecule has 156 valence electrons. The maximum Gasteiger partial charge on any atom is 0.329 e. The van der Waals surface area contributed by atoms with Crippen molar-refractivity contribution in [1.82, 2.24) is 19.1 Å². The number of fused-ring (bicyclic) bond motifs is 1. The number of aromatic nitrogens is 4. The lowest BCUT2D eigenvalue weighted by Gasteiger charge is -2.28. The normalized spacial score (nSPS) is 14.2. The van der Waals surface area contributed by atoms with E-state index in [9.17, 15) is 24.5 Å². The molecule has 30 heavy (non-hydrogen) atoms. The van der Waals surface area contributed by atoms with E-state index in [2.05, 4.69) is 9.97 Å². The number of rotatable bonds is 5. The van der Waals surface area contributed by atoms with E-state index >= 15 is 0 Å². The van der Waals surface area contributed by atoms with Crippen LogP contribution < -0.4 is 16.1 Å². The maximum atomic E-state index is 13.0. The Hall–Kier alpha value is -3.76. The Kier molecular flexibility index (Phi) is 4.94. The number of piperidine rings is 1. The van der Waals surface area contributed by atoms with Gasteiger partial charge in [0.1, 0.15) is 0 Å². The second kappa shape index (κ2) is 7.58. The number of carbonyl (C=O) groups is 1. The van der Waals surface area contributed by atoms with Crippen LogP contribution in [0.2, 0.25) is 0 Å². The number of anilines is 1. The number of nitrogens with one attached hydrogen (secondary N) is 1. The molecule has 11 nitrogen and oxygen atoms in total. The average molecular weight is 412 g/mol. The van der Waals surface area contributed by atoms with Gasteiger partial charge in [-0.1, -0.05) is 12.1 Å². The number of hydrogen-bond donors (Lipinski definition) is 1. The first kappa shape index (κ1) is 19.6. The average Bonchev–Trinajstić information content (AvgIpc) is 3.12. The molecular formula is C19H20N6O5. The molecule has 1 fully saturated rings. The lowest BCUT2D eigenvalue weighted by atomic mass is 10.1. The number of aromatic amines is 1. The summed E-state index contributed by atoms with van der Waals surface area (Å²) in [6, 6.07) is 5.46. The largest absolute Gasteiger partial charge is 0.342 e. The van der Waals surface area contributed by atoms with E-state index in [0.717, 1.165) is 32.4 Å². The van der Waals surface area contributed by atoms with Crippen LogP contribution in [0.1, 0.15) is 29.6 Å². The second-order valence-corrected chi connectivity index (χ2v) is 7.27. The van der Waals surface area contributed by atoms with Crippen molar-refractivity contribution in [3.63, 3.8) is 0 Å². The molecule has 2 aromatic heterocycles. The Bertz CT molecular complexity index is 1260. The highest BCUT2D eigenvalue weighted by atomic mass is 16.6. The van der Waals surface area contributed by atoms with Gasteiger partial charge >= 0.3 is 5.69 Å². The van der Waals surface area contributed by atoms with Crippen LogP contribution in [-0.2, 0) is 13.6 Å². The Labute approximate surface area is 169 Å². The minimum atomic E-state index is -0.629. The molecule has 0 amide bonds. The van der Waals surface area contributed by atoms with Gasteiger partial charge in [-0.05, 0) is 19.3 Å². The molecule has 0 bridgehead atoms. The number of non-ortho nitro benzene ring substituents is 1. The van der Waals surface area contributed by atoms with Gasteiger partial charge in [0.15, 0.2) is 16.9 Å². The molecule has 1 saturated heterocycles. The highest BCUT2D eigenvalue weighted by molar-refractivity contribution is 5.97. The number of benzene rings is 1. The molecule has 0 radical (unpaired) electrons. The molecule has 3 aromatic rings. The minimum Gasteiger partial charge on any atom is -0.342 e. The van der Waals surface area contributed by atoms with Gasteiger partial charge in [0.25, 0.3) is 11.2 Å². The third kappa shape index (κ3) is 3.38. The summed E-state index contributed by atoms with van der Waals surface area (Å²) in [4.78, 5) is 56.8. The van der Waals surface area contributed by atoms with E-state index in [1.807, 2.05) is 4.90 Å². The number of nitro groups is 1. The van der Waals surface area contributed by atoms with Gasteiger partial charge in [-0.3, -0.25) is 33.8 Å². The fourth-order valence-corrected chi connectivity index (χ4v) is 3.74. The first-order chi connectivity index (χ1) is 14.4. The SMILES string of the molecule is Cn1c(=O)[nH]c(=O)c2c1nc(N1CCCCC1)n2CC(=O)c1cccc([N+](=O)[O-])c1. The van der Waals surface area contributed by atoms with E-state index in [1.165, 1.54) is 40.4 Å². The summed E-state index contributed by atoms with van der Waals surface area (Å²) in [5, 5.41) is 11.0. The number of nitrogens with zero attached hydrogens (tertiary/aromatic N) is 5. The molecule has 3 heterocycles. The van der Waals surface area contributed by atoms with Gasteiger partial charge < -0.3 is 4.90 Å². The van der Waals surface area contributed by atoms with Crippen molar-refractivity contribution in [2.45, 2.75) is 25.8 Å². The number of ketones is 1. The number of aryl methyl sites for hydroxylation is 1. The van der Waals surface area contributed by atoms with Gasteiger partial charge in [-0.2, -0.15) is 4.98 Å². The van der Waals surface area contributed by atoms with E-state index in [0.29, 0.717) is 5.95 Å². The molecule has 0 unspecified atom stereocenters. The van der Waals surface area contributed by atoms with Gasteiger partial charge in [0.2, 0.25) is 5.95 Å². The Morgan fingerprint density at radius 2 is 1.97 bits per heavy atom. The van der Waals surface area contributed by atoms with Crippen LogP contribution in [0.4, 0.5) is 11.6 Å². The van der Waals surface area contributed by atoms with Crippen LogP contribution in [0.15, 0.2) is 33.9 Å². The molecule has 0 aliphatic carbocycles. The van der Waals surface area contributed by atoms with Gasteiger partial charge in [-0.25, -0.2) is 4.79 Å².